The van der Waals surface area contributed by atoms with Gasteiger partial charge in [-0.05, 0) is 44.3 Å². The van der Waals surface area contributed by atoms with Gasteiger partial charge in [-0.2, -0.15) is 0 Å². The Balaban J connectivity index is 2.02. The average molecular weight is 469 g/mol. The monoisotopic (exact) mass is 468 g/mol. The summed E-state index contributed by atoms with van der Waals surface area (Å²) >= 11 is 7.59. The lowest BCUT2D eigenvalue weighted by Gasteiger charge is -2.13. The summed E-state index contributed by atoms with van der Waals surface area (Å²) < 4.78 is 34.5. The van der Waals surface area contributed by atoms with Crippen LogP contribution in [-0.2, 0) is 13.0 Å². The van der Waals surface area contributed by atoms with Gasteiger partial charge in [-0.15, -0.1) is 11.3 Å². The normalized spacial score (nSPS) is 11.3. The quantitative estimate of drug-likeness (QED) is 0.513. The van der Waals surface area contributed by atoms with Crippen LogP contribution in [0.2, 0.25) is 5.02 Å². The Labute approximate surface area is 185 Å². The zero-order valence-corrected chi connectivity index (χ0v) is 18.2. The highest BCUT2D eigenvalue weighted by molar-refractivity contribution is 7.21. The highest BCUT2D eigenvalue weighted by Gasteiger charge is 2.23. The van der Waals surface area contributed by atoms with Gasteiger partial charge in [-0.25, -0.2) is 13.6 Å². The van der Waals surface area contributed by atoms with Gasteiger partial charge in [0.15, 0.2) is 17.4 Å². The highest BCUT2D eigenvalue weighted by Crippen LogP contribution is 2.39. The van der Waals surface area contributed by atoms with E-state index in [-0.39, 0.29) is 16.0 Å². The van der Waals surface area contributed by atoms with E-state index in [0.29, 0.717) is 21.5 Å². The molecule has 0 atom stereocenters. The van der Waals surface area contributed by atoms with E-state index in [9.17, 15) is 23.5 Å². The van der Waals surface area contributed by atoms with Crippen molar-refractivity contribution >= 4 is 44.9 Å². The lowest BCUT2D eigenvalue weighted by molar-refractivity contribution is 0.0699. The van der Waals surface area contributed by atoms with Crippen LogP contribution in [0, 0.1) is 11.6 Å². The summed E-state index contributed by atoms with van der Waals surface area (Å²) in [5.74, 6) is -5.17. The summed E-state index contributed by atoms with van der Waals surface area (Å²) in [6.45, 7) is 0.303. The first-order valence-electron chi connectivity index (χ1n) is 9.12. The van der Waals surface area contributed by atoms with Gasteiger partial charge in [0.25, 0.3) is 0 Å². The molecule has 1 aromatic heterocycles. The van der Waals surface area contributed by atoms with Crippen molar-refractivity contribution in [2.24, 2.45) is 5.73 Å². The Morgan fingerprint density at radius 2 is 1.87 bits per heavy atom. The van der Waals surface area contributed by atoms with E-state index in [0.717, 1.165) is 35.6 Å². The zero-order valence-electron chi connectivity index (χ0n) is 16.7. The number of carboxylic acids is 1. The molecule has 1 heterocycles. The Morgan fingerprint density at radius 3 is 2.42 bits per heavy atom. The lowest BCUT2D eigenvalue weighted by atomic mass is 10.1. The van der Waals surface area contributed by atoms with Crippen molar-refractivity contribution in [2.45, 2.75) is 13.0 Å². The minimum Gasteiger partial charge on any atom is -0.483 e. The maximum Gasteiger partial charge on any atom is 0.346 e. The highest BCUT2D eigenvalue weighted by atomic mass is 35.5. The number of nitrogens with zero attached hydrogens (tertiary/aromatic N) is 1. The van der Waals surface area contributed by atoms with E-state index < -0.39 is 35.9 Å². The second-order valence-electron chi connectivity index (χ2n) is 7.10. The first-order chi connectivity index (χ1) is 14.6. The van der Waals surface area contributed by atoms with Gasteiger partial charge in [-0.1, -0.05) is 17.7 Å². The smallest absolute Gasteiger partial charge is 0.346 e. The summed E-state index contributed by atoms with van der Waals surface area (Å²) in [6.07, 6.45) is 0.637. The average Bonchev–Trinajstić information content (AvgIpc) is 3.06. The number of halogens is 3. The molecule has 164 valence electrons. The number of aromatic carboxylic acids is 1. The van der Waals surface area contributed by atoms with Gasteiger partial charge >= 0.3 is 5.97 Å². The molecule has 3 aromatic rings. The zero-order chi connectivity index (χ0) is 22.9. The lowest BCUT2D eigenvalue weighted by Crippen LogP contribution is -2.15. The molecule has 0 fully saturated rings. The molecular formula is C21H19ClF2N2O4S. The summed E-state index contributed by atoms with van der Waals surface area (Å²) in [7, 11) is 3.84. The maximum absolute atomic E-state index is 14.3. The third kappa shape index (κ3) is 4.79. The standard InChI is InChI=1S/C21H19ClF2N2O4S/c1-26(2)6-5-10-3-4-15-16(17(10)22)12(19(31-15)21(28)29)9-30-18-13(23)7-11(20(25)27)8-14(18)24/h3-4,7-8H,5-6,9H2,1-2H3,(H2,25,27)(H,28,29). The molecule has 0 aliphatic carbocycles. The minimum absolute atomic E-state index is 0.0313. The molecule has 0 aliphatic heterocycles. The van der Waals surface area contributed by atoms with Crippen molar-refractivity contribution in [1.82, 2.24) is 4.90 Å². The van der Waals surface area contributed by atoms with Crippen LogP contribution >= 0.6 is 22.9 Å². The predicted octanol–water partition coefficient (Wildman–Crippen LogP) is 4.31. The number of amides is 1. The number of fused-ring (bicyclic) bond motifs is 1. The Kier molecular flexibility index (Phi) is 6.78. The number of likely N-dealkylation sites (N-methyl/N-ethyl adjacent to an activating group) is 1. The number of rotatable bonds is 8. The second kappa shape index (κ2) is 9.17. The first-order valence-corrected chi connectivity index (χ1v) is 10.3. The third-order valence-corrected chi connectivity index (χ3v) is 6.25. The molecule has 31 heavy (non-hydrogen) atoms. The van der Waals surface area contributed by atoms with Crippen molar-refractivity contribution in [3.8, 4) is 5.75 Å². The van der Waals surface area contributed by atoms with Crippen LogP contribution in [0.4, 0.5) is 8.78 Å². The van der Waals surface area contributed by atoms with E-state index in [1.165, 1.54) is 0 Å². The number of benzene rings is 2. The van der Waals surface area contributed by atoms with Crippen molar-refractivity contribution in [2.75, 3.05) is 20.6 Å². The molecular weight excluding hydrogens is 450 g/mol. The number of carbonyl (C=O) groups excluding carboxylic acids is 1. The van der Waals surface area contributed by atoms with Crippen LogP contribution < -0.4 is 10.5 Å². The van der Waals surface area contributed by atoms with Crippen LogP contribution in [0.25, 0.3) is 10.1 Å². The topological polar surface area (TPSA) is 92.9 Å². The fourth-order valence-corrected chi connectivity index (χ4v) is 4.57. The molecule has 0 spiro atoms. The molecule has 0 saturated carbocycles. The first kappa shape index (κ1) is 22.9. The molecule has 3 N–H and O–H groups in total. The fourth-order valence-electron chi connectivity index (χ4n) is 3.08. The summed E-state index contributed by atoms with van der Waals surface area (Å²) in [4.78, 5) is 24.9. The largest absolute Gasteiger partial charge is 0.483 e. The number of hydrogen-bond acceptors (Lipinski definition) is 5. The van der Waals surface area contributed by atoms with E-state index in [4.69, 9.17) is 22.1 Å². The van der Waals surface area contributed by atoms with Crippen LogP contribution in [0.15, 0.2) is 24.3 Å². The Hall–Kier alpha value is -2.75. The van der Waals surface area contributed by atoms with Gasteiger partial charge < -0.3 is 20.5 Å². The van der Waals surface area contributed by atoms with E-state index >= 15 is 0 Å². The van der Waals surface area contributed by atoms with Crippen LogP contribution in [0.3, 0.4) is 0 Å². The Bertz CT molecular complexity index is 1160. The molecule has 0 unspecified atom stereocenters. The number of carboxylic acid groups (broad SMARTS) is 1. The Morgan fingerprint density at radius 1 is 1.23 bits per heavy atom. The van der Waals surface area contributed by atoms with Crippen molar-refractivity contribution in [3.05, 3.63) is 62.5 Å². The molecule has 2 aromatic carbocycles. The predicted molar refractivity (Wildman–Crippen MR) is 115 cm³/mol. The molecule has 1 amide bonds. The number of hydrogen-bond donors (Lipinski definition) is 2. The second-order valence-corrected chi connectivity index (χ2v) is 8.53. The van der Waals surface area contributed by atoms with Gasteiger partial charge in [0.05, 0.1) is 5.02 Å². The molecule has 3 rings (SSSR count). The summed E-state index contributed by atoms with van der Waals surface area (Å²) in [6, 6.07) is 5.13. The summed E-state index contributed by atoms with van der Waals surface area (Å²) in [5.41, 5.74) is 5.75. The SMILES string of the molecule is CN(C)CCc1ccc2sc(C(=O)O)c(COc3c(F)cc(C(N)=O)cc3F)c2c1Cl. The third-order valence-electron chi connectivity index (χ3n) is 4.64. The molecule has 0 radical (unpaired) electrons. The van der Waals surface area contributed by atoms with E-state index in [2.05, 4.69) is 0 Å². The van der Waals surface area contributed by atoms with Crippen LogP contribution in [-0.4, -0.2) is 42.5 Å². The molecule has 0 aliphatic rings. The van der Waals surface area contributed by atoms with Gasteiger partial charge in [0.2, 0.25) is 5.91 Å². The fraction of sp³-hybridized carbons (Fsp3) is 0.238. The van der Waals surface area contributed by atoms with Crippen molar-refractivity contribution < 1.29 is 28.2 Å². The van der Waals surface area contributed by atoms with Crippen LogP contribution in [0.5, 0.6) is 5.75 Å². The van der Waals surface area contributed by atoms with E-state index in [1.54, 1.807) is 6.07 Å². The maximum atomic E-state index is 14.3. The number of ether oxygens (including phenoxy) is 1. The van der Waals surface area contributed by atoms with Crippen molar-refractivity contribution in [1.29, 1.82) is 0 Å². The molecule has 6 nitrogen and oxygen atoms in total. The minimum atomic E-state index is -1.20. The molecule has 0 saturated heterocycles. The number of primary amides is 1. The van der Waals surface area contributed by atoms with Gasteiger partial charge in [-0.3, -0.25) is 4.79 Å². The van der Waals surface area contributed by atoms with E-state index in [1.807, 2.05) is 25.1 Å². The number of thiophene rings is 1. The molecule has 10 heteroatoms. The molecule has 0 bridgehead atoms. The number of carbonyl (C=O) groups is 2. The van der Waals surface area contributed by atoms with Crippen molar-refractivity contribution in [3.63, 3.8) is 0 Å². The van der Waals surface area contributed by atoms with Gasteiger partial charge in [0.1, 0.15) is 11.5 Å². The summed E-state index contributed by atoms with van der Waals surface area (Å²) in [5, 5.41) is 10.5. The van der Waals surface area contributed by atoms with Gasteiger partial charge in [0, 0.05) is 27.8 Å². The van der Waals surface area contributed by atoms with Crippen LogP contribution in [0.1, 0.15) is 31.2 Å². The number of nitrogens with two attached hydrogens (primary N) is 1.